The van der Waals surface area contributed by atoms with Gasteiger partial charge >= 0.3 is 0 Å². The molecule has 0 radical (unpaired) electrons. The van der Waals surface area contributed by atoms with Gasteiger partial charge in [0, 0.05) is 62.6 Å². The third-order valence-corrected chi connectivity index (χ3v) is 6.13. The molecule has 0 spiro atoms. The molecule has 3 rings (SSSR count). The van der Waals surface area contributed by atoms with Crippen molar-refractivity contribution in [2.45, 2.75) is 38.6 Å². The highest BCUT2D eigenvalue weighted by atomic mass is 35.5. The minimum Gasteiger partial charge on any atom is -0.398 e. The van der Waals surface area contributed by atoms with Crippen LogP contribution in [-0.4, -0.2) is 68.0 Å². The van der Waals surface area contributed by atoms with Gasteiger partial charge in [-0.3, -0.25) is 4.90 Å². The van der Waals surface area contributed by atoms with Crippen LogP contribution in [0.1, 0.15) is 30.9 Å². The van der Waals surface area contributed by atoms with Crippen LogP contribution in [0.3, 0.4) is 0 Å². The molecule has 1 aromatic rings. The Morgan fingerprint density at radius 1 is 1.04 bits per heavy atom. The number of alkyl halides is 1. The molecule has 2 aliphatic heterocycles. The molecular weight excluding hydrogens is 332 g/mol. The Morgan fingerprint density at radius 3 is 2.32 bits per heavy atom. The molecular formula is C20H33ClN4. The van der Waals surface area contributed by atoms with Crippen LogP contribution in [0.4, 0.5) is 11.4 Å². The first-order chi connectivity index (χ1) is 12.1. The summed E-state index contributed by atoms with van der Waals surface area (Å²) in [5.41, 5.74) is 11.1. The highest BCUT2D eigenvalue weighted by Crippen LogP contribution is 2.31. The number of likely N-dealkylation sites (N-methyl/N-ethyl adjacent to an activating group) is 1. The van der Waals surface area contributed by atoms with Crippen LogP contribution in [0.5, 0.6) is 0 Å². The monoisotopic (exact) mass is 364 g/mol. The third kappa shape index (κ3) is 4.42. The van der Waals surface area contributed by atoms with Gasteiger partial charge < -0.3 is 15.5 Å². The Morgan fingerprint density at radius 2 is 1.72 bits per heavy atom. The quantitative estimate of drug-likeness (QED) is 0.643. The number of nitrogens with two attached hydrogens (primary N) is 1. The molecule has 0 bridgehead atoms. The first-order valence-corrected chi connectivity index (χ1v) is 10.3. The number of aryl methyl sites for hydroxylation is 2. The largest absolute Gasteiger partial charge is 0.398 e. The molecule has 0 amide bonds. The number of hydrogen-bond donors (Lipinski definition) is 1. The van der Waals surface area contributed by atoms with Crippen LogP contribution in [0.15, 0.2) is 12.1 Å². The molecule has 2 heterocycles. The zero-order valence-electron chi connectivity index (χ0n) is 15.8. The molecule has 0 atom stereocenters. The first-order valence-electron chi connectivity index (χ1n) is 9.77. The molecule has 140 valence electrons. The van der Waals surface area contributed by atoms with Crippen molar-refractivity contribution in [1.82, 2.24) is 9.80 Å². The molecule has 0 saturated carbocycles. The number of benzene rings is 1. The summed E-state index contributed by atoms with van der Waals surface area (Å²) in [4.78, 5) is 7.70. The van der Waals surface area contributed by atoms with Crippen molar-refractivity contribution >= 4 is 23.0 Å². The fraction of sp³-hybridized carbons (Fsp3) is 0.700. The number of halogens is 1. The summed E-state index contributed by atoms with van der Waals surface area (Å²) in [6, 6.07) is 5.22. The lowest BCUT2D eigenvalue weighted by atomic mass is 9.98. The molecule has 2 aliphatic rings. The van der Waals surface area contributed by atoms with Gasteiger partial charge in [0.15, 0.2) is 0 Å². The summed E-state index contributed by atoms with van der Waals surface area (Å²) in [6.45, 7) is 9.31. The van der Waals surface area contributed by atoms with E-state index < -0.39 is 0 Å². The van der Waals surface area contributed by atoms with Gasteiger partial charge in [-0.25, -0.2) is 0 Å². The second-order valence-corrected chi connectivity index (χ2v) is 7.91. The van der Waals surface area contributed by atoms with Crippen molar-refractivity contribution in [3.63, 3.8) is 0 Å². The van der Waals surface area contributed by atoms with E-state index >= 15 is 0 Å². The number of rotatable bonds is 5. The molecule has 0 aromatic heterocycles. The summed E-state index contributed by atoms with van der Waals surface area (Å²) in [5.74, 6) is 0.648. The molecule has 5 heteroatoms. The summed E-state index contributed by atoms with van der Waals surface area (Å²) in [7, 11) is 2.23. The van der Waals surface area contributed by atoms with Crippen molar-refractivity contribution in [2.24, 2.45) is 0 Å². The van der Waals surface area contributed by atoms with Gasteiger partial charge in [-0.1, -0.05) is 6.92 Å². The van der Waals surface area contributed by atoms with Crippen LogP contribution in [0, 0.1) is 0 Å². The van der Waals surface area contributed by atoms with E-state index in [1.165, 1.54) is 55.8 Å². The first kappa shape index (κ1) is 18.8. The van der Waals surface area contributed by atoms with E-state index in [1.54, 1.807) is 0 Å². The maximum absolute atomic E-state index is 6.22. The number of anilines is 2. The summed E-state index contributed by atoms with van der Waals surface area (Å²) >= 11 is 6.04. The highest BCUT2D eigenvalue weighted by Gasteiger charge is 2.27. The topological polar surface area (TPSA) is 35.7 Å². The molecule has 1 aromatic carbocycles. The maximum atomic E-state index is 6.22. The number of nitrogens with zero attached hydrogens (tertiary/aromatic N) is 3. The van der Waals surface area contributed by atoms with E-state index in [1.807, 2.05) is 0 Å². The van der Waals surface area contributed by atoms with Gasteiger partial charge in [0.1, 0.15) is 0 Å². The summed E-state index contributed by atoms with van der Waals surface area (Å²) in [6.07, 6.45) is 4.40. The Kier molecular flexibility index (Phi) is 6.48. The number of piperidine rings is 1. The van der Waals surface area contributed by atoms with Crippen LogP contribution < -0.4 is 10.6 Å². The molecule has 25 heavy (non-hydrogen) atoms. The van der Waals surface area contributed by atoms with Crippen LogP contribution in [0.25, 0.3) is 0 Å². The Bertz CT molecular complexity index is 561. The highest BCUT2D eigenvalue weighted by molar-refractivity contribution is 6.18. The predicted octanol–water partition coefficient (Wildman–Crippen LogP) is 2.83. The van der Waals surface area contributed by atoms with E-state index in [-0.39, 0.29) is 0 Å². The standard InChI is InChI=1S/C20H33ClN4/c1-3-16-15-20(17(4-7-21)14-19(16)22)25-8-5-18(6-9-25)24-12-10-23(2)11-13-24/h14-15,18H,3-13,22H2,1-2H3. The SMILES string of the molecule is CCc1cc(N2CCC(N3CCN(C)CC3)CC2)c(CCCl)cc1N. The van der Waals surface area contributed by atoms with Crippen LogP contribution in [-0.2, 0) is 12.8 Å². The Hall–Kier alpha value is -0.970. The second-order valence-electron chi connectivity index (χ2n) is 7.53. The minimum atomic E-state index is 0.648. The molecule has 2 saturated heterocycles. The Balaban J connectivity index is 1.67. The lowest BCUT2D eigenvalue weighted by Gasteiger charge is -2.43. The molecule has 2 fully saturated rings. The average Bonchev–Trinajstić information content (AvgIpc) is 2.63. The van der Waals surface area contributed by atoms with Crippen molar-refractivity contribution in [3.05, 3.63) is 23.3 Å². The predicted molar refractivity (Wildman–Crippen MR) is 109 cm³/mol. The number of nitrogen functional groups attached to an aromatic ring is 1. The molecule has 0 aliphatic carbocycles. The van der Waals surface area contributed by atoms with E-state index in [9.17, 15) is 0 Å². The van der Waals surface area contributed by atoms with Gasteiger partial charge in [-0.05, 0) is 56.0 Å². The van der Waals surface area contributed by atoms with Crippen molar-refractivity contribution < 1.29 is 0 Å². The molecule has 4 nitrogen and oxygen atoms in total. The van der Waals surface area contributed by atoms with Gasteiger partial charge in [0.05, 0.1) is 0 Å². The van der Waals surface area contributed by atoms with Crippen molar-refractivity contribution in [3.8, 4) is 0 Å². The zero-order valence-corrected chi connectivity index (χ0v) is 16.6. The molecule has 2 N–H and O–H groups in total. The van der Waals surface area contributed by atoms with Crippen molar-refractivity contribution in [2.75, 3.05) is 62.8 Å². The number of hydrogen-bond acceptors (Lipinski definition) is 4. The molecule has 0 unspecified atom stereocenters. The second kappa shape index (κ2) is 8.61. The van der Waals surface area contributed by atoms with Gasteiger partial charge in [0.2, 0.25) is 0 Å². The van der Waals surface area contributed by atoms with Gasteiger partial charge in [-0.2, -0.15) is 0 Å². The number of piperazine rings is 1. The van der Waals surface area contributed by atoms with Gasteiger partial charge in [-0.15, -0.1) is 11.6 Å². The normalized spacial score (nSPS) is 21.0. The fourth-order valence-electron chi connectivity index (χ4n) is 4.26. The van der Waals surface area contributed by atoms with E-state index in [0.717, 1.165) is 37.7 Å². The smallest absolute Gasteiger partial charge is 0.0403 e. The fourth-order valence-corrected chi connectivity index (χ4v) is 4.46. The minimum absolute atomic E-state index is 0.648. The zero-order chi connectivity index (χ0) is 17.8. The maximum Gasteiger partial charge on any atom is 0.0403 e. The van der Waals surface area contributed by atoms with E-state index in [0.29, 0.717) is 5.88 Å². The lowest BCUT2D eigenvalue weighted by molar-refractivity contribution is 0.0982. The summed E-state index contributed by atoms with van der Waals surface area (Å²) < 4.78 is 0. The van der Waals surface area contributed by atoms with E-state index in [4.69, 9.17) is 17.3 Å². The van der Waals surface area contributed by atoms with Crippen LogP contribution >= 0.6 is 11.6 Å². The third-order valence-electron chi connectivity index (χ3n) is 5.94. The average molecular weight is 365 g/mol. The lowest BCUT2D eigenvalue weighted by Crippen LogP contribution is -2.52. The summed E-state index contributed by atoms with van der Waals surface area (Å²) in [5, 5.41) is 0. The Labute approximate surface area is 157 Å². The van der Waals surface area contributed by atoms with Gasteiger partial charge in [0.25, 0.3) is 0 Å². The van der Waals surface area contributed by atoms with Crippen LogP contribution in [0.2, 0.25) is 0 Å². The van der Waals surface area contributed by atoms with Crippen molar-refractivity contribution in [1.29, 1.82) is 0 Å². The van der Waals surface area contributed by atoms with E-state index in [2.05, 4.69) is 40.8 Å².